The minimum atomic E-state index is 1.18. The molecule has 0 atom stereocenters. The summed E-state index contributed by atoms with van der Waals surface area (Å²) in [6, 6.07) is 64.9. The molecular formula is C48H34S2. The average molecular weight is 675 g/mol. The number of rotatable bonds is 7. The van der Waals surface area contributed by atoms with E-state index in [0.29, 0.717) is 0 Å². The Morgan fingerprint density at radius 1 is 0.260 bits per heavy atom. The molecule has 0 amide bonds. The first kappa shape index (κ1) is 31.7. The van der Waals surface area contributed by atoms with E-state index in [4.69, 9.17) is 0 Å². The normalized spacial score (nSPS) is 14.2. The molecule has 8 rings (SSSR count). The molecule has 0 radical (unpaired) electrons. The Morgan fingerprint density at radius 3 is 0.720 bits per heavy atom. The van der Waals surface area contributed by atoms with Gasteiger partial charge in [-0.15, -0.1) is 0 Å². The third-order valence-electron chi connectivity index (χ3n) is 8.77. The highest BCUT2D eigenvalue weighted by molar-refractivity contribution is 8.17. The molecule has 6 aromatic rings. The van der Waals surface area contributed by atoms with Gasteiger partial charge >= 0.3 is 0 Å². The molecule has 0 spiro atoms. The highest BCUT2D eigenvalue weighted by atomic mass is 32.2. The van der Waals surface area contributed by atoms with Gasteiger partial charge in [-0.2, -0.15) is 0 Å². The van der Waals surface area contributed by atoms with Crippen molar-refractivity contribution in [3.8, 4) is 0 Å². The molecule has 0 bridgehead atoms. The summed E-state index contributed by atoms with van der Waals surface area (Å²) < 4.78 is 0. The van der Waals surface area contributed by atoms with Gasteiger partial charge in [-0.05, 0) is 80.0 Å². The second-order valence-corrected chi connectivity index (χ2v) is 14.3. The molecule has 0 saturated carbocycles. The van der Waals surface area contributed by atoms with Gasteiger partial charge in [0.2, 0.25) is 0 Å². The molecule has 2 aliphatic heterocycles. The van der Waals surface area contributed by atoms with Gasteiger partial charge in [-0.25, -0.2) is 0 Å². The van der Waals surface area contributed by atoms with Crippen molar-refractivity contribution in [2.45, 2.75) is 0 Å². The first-order chi connectivity index (χ1) is 24.8. The molecule has 2 heterocycles. The maximum Gasteiger partial charge on any atom is 0.0201 e. The van der Waals surface area contributed by atoms with Crippen molar-refractivity contribution in [3.05, 3.63) is 251 Å². The van der Waals surface area contributed by atoms with Crippen molar-refractivity contribution in [1.82, 2.24) is 0 Å². The van der Waals surface area contributed by atoms with E-state index in [1.165, 1.54) is 75.3 Å². The second kappa shape index (κ2) is 14.9. The quantitative estimate of drug-likeness (QED) is 0.165. The zero-order valence-electron chi connectivity index (χ0n) is 27.4. The summed E-state index contributed by atoms with van der Waals surface area (Å²) in [6.07, 6.45) is 9.55. The Balaban J connectivity index is 1.48. The van der Waals surface area contributed by atoms with Crippen molar-refractivity contribution in [3.63, 3.8) is 0 Å². The molecule has 2 aliphatic rings. The Bertz CT molecular complexity index is 2010. The molecule has 2 heteroatoms. The number of hydrogen-bond acceptors (Lipinski definition) is 2. The molecule has 0 fully saturated rings. The maximum absolute atomic E-state index is 2.39. The van der Waals surface area contributed by atoms with Crippen molar-refractivity contribution in [2.75, 3.05) is 0 Å². The van der Waals surface area contributed by atoms with Crippen LogP contribution < -0.4 is 0 Å². The number of thioether (sulfide) groups is 2. The van der Waals surface area contributed by atoms with E-state index < -0.39 is 0 Å². The molecule has 0 nitrogen and oxygen atoms in total. The predicted octanol–water partition coefficient (Wildman–Crippen LogP) is 13.6. The summed E-state index contributed by atoms with van der Waals surface area (Å²) in [7, 11) is 0. The summed E-state index contributed by atoms with van der Waals surface area (Å²) in [4.78, 5) is 4.92. The summed E-state index contributed by atoms with van der Waals surface area (Å²) in [5.41, 5.74) is 12.0. The Labute approximate surface area is 303 Å². The number of hydrogen-bond donors (Lipinski definition) is 0. The molecule has 6 aromatic carbocycles. The van der Waals surface area contributed by atoms with Crippen LogP contribution in [0.25, 0.3) is 30.8 Å². The lowest BCUT2D eigenvalue weighted by Crippen LogP contribution is -2.02. The first-order valence-corrected chi connectivity index (χ1v) is 18.5. The van der Waals surface area contributed by atoms with Crippen LogP contribution >= 0.6 is 23.5 Å². The Hall–Kier alpha value is -5.54. The minimum Gasteiger partial charge on any atom is -0.0888 e. The number of allylic oxidation sites excluding steroid dienone is 8. The lowest BCUT2D eigenvalue weighted by molar-refractivity contribution is 1.52. The van der Waals surface area contributed by atoms with Gasteiger partial charge in [0.1, 0.15) is 0 Å². The molecule has 238 valence electrons. The van der Waals surface area contributed by atoms with Crippen molar-refractivity contribution in [2.24, 2.45) is 0 Å². The summed E-state index contributed by atoms with van der Waals surface area (Å²) in [5.74, 6) is 0. The van der Waals surface area contributed by atoms with Crippen LogP contribution in [0.15, 0.2) is 217 Å². The number of benzene rings is 6. The SMILES string of the molecule is C1=C(c2ccccc2)SC(c2ccccc2)=CC1=C(C(=C1C=C(c2ccccc2)SC(c2ccccc2)=C1)c1ccccc1)c1ccccc1. The van der Waals surface area contributed by atoms with Gasteiger partial charge < -0.3 is 0 Å². The van der Waals surface area contributed by atoms with Gasteiger partial charge in [0.05, 0.1) is 0 Å². The standard InChI is InChI=1S/C48H34S2/c1-7-19-35(20-8-1)43-31-41(32-44(49-43)36-21-9-2-10-22-36)47(39-27-15-5-16-28-39)48(40-29-17-6-18-30-40)42-33-45(37-23-11-3-12-24-37)50-46(34-42)38-25-13-4-14-26-38/h1-34H. The van der Waals surface area contributed by atoms with E-state index in [0.717, 1.165) is 0 Å². The average Bonchev–Trinajstić information content (AvgIpc) is 3.21. The smallest absolute Gasteiger partial charge is 0.0201 e. The second-order valence-electron chi connectivity index (χ2n) is 12.1. The van der Waals surface area contributed by atoms with Crippen LogP contribution in [0.5, 0.6) is 0 Å². The van der Waals surface area contributed by atoms with Crippen molar-refractivity contribution >= 4 is 54.3 Å². The third kappa shape index (κ3) is 6.95. The largest absolute Gasteiger partial charge is 0.0888 e. The molecule has 0 saturated heterocycles. The molecule has 0 aliphatic carbocycles. The van der Waals surface area contributed by atoms with Gasteiger partial charge in [-0.1, -0.05) is 206 Å². The fourth-order valence-electron chi connectivity index (χ4n) is 6.39. The molecule has 0 N–H and O–H groups in total. The van der Waals surface area contributed by atoms with Crippen LogP contribution in [0.3, 0.4) is 0 Å². The van der Waals surface area contributed by atoms with E-state index in [-0.39, 0.29) is 0 Å². The van der Waals surface area contributed by atoms with Crippen LogP contribution in [-0.4, -0.2) is 0 Å². The topological polar surface area (TPSA) is 0 Å². The highest BCUT2D eigenvalue weighted by Gasteiger charge is 2.24. The maximum atomic E-state index is 2.39. The minimum absolute atomic E-state index is 1.18. The van der Waals surface area contributed by atoms with E-state index in [9.17, 15) is 0 Å². The van der Waals surface area contributed by atoms with Crippen LogP contribution in [-0.2, 0) is 0 Å². The zero-order valence-corrected chi connectivity index (χ0v) is 29.1. The molecule has 0 aromatic heterocycles. The van der Waals surface area contributed by atoms with E-state index in [1.54, 1.807) is 0 Å². The lowest BCUT2D eigenvalue weighted by Gasteiger charge is -2.25. The van der Waals surface area contributed by atoms with E-state index in [2.05, 4.69) is 206 Å². The van der Waals surface area contributed by atoms with Gasteiger partial charge in [0.25, 0.3) is 0 Å². The molecule has 0 unspecified atom stereocenters. The first-order valence-electron chi connectivity index (χ1n) is 16.8. The van der Waals surface area contributed by atoms with Crippen LogP contribution in [0.2, 0.25) is 0 Å². The zero-order chi connectivity index (χ0) is 33.5. The summed E-state index contributed by atoms with van der Waals surface area (Å²) in [5, 5.41) is 0. The third-order valence-corrected chi connectivity index (χ3v) is 11.1. The molecule has 50 heavy (non-hydrogen) atoms. The van der Waals surface area contributed by atoms with Crippen LogP contribution in [0.4, 0.5) is 0 Å². The fourth-order valence-corrected chi connectivity index (χ4v) is 8.62. The van der Waals surface area contributed by atoms with Crippen molar-refractivity contribution < 1.29 is 0 Å². The summed E-state index contributed by atoms with van der Waals surface area (Å²) >= 11 is 3.67. The Kier molecular flexibility index (Phi) is 9.46. The fraction of sp³-hybridized carbons (Fsp3) is 0. The van der Waals surface area contributed by atoms with E-state index >= 15 is 0 Å². The lowest BCUT2D eigenvalue weighted by atomic mass is 9.84. The van der Waals surface area contributed by atoms with E-state index in [1.807, 2.05) is 23.5 Å². The predicted molar refractivity (Wildman–Crippen MR) is 220 cm³/mol. The van der Waals surface area contributed by atoms with Crippen LogP contribution in [0.1, 0.15) is 33.4 Å². The molecular weight excluding hydrogens is 641 g/mol. The summed E-state index contributed by atoms with van der Waals surface area (Å²) in [6.45, 7) is 0. The Morgan fingerprint density at radius 2 is 0.480 bits per heavy atom. The van der Waals surface area contributed by atoms with Gasteiger partial charge in [-0.3, -0.25) is 0 Å². The van der Waals surface area contributed by atoms with Crippen LogP contribution in [0, 0.1) is 0 Å². The monoisotopic (exact) mass is 674 g/mol. The van der Waals surface area contributed by atoms with Gasteiger partial charge in [0, 0.05) is 19.6 Å². The van der Waals surface area contributed by atoms with Crippen molar-refractivity contribution in [1.29, 1.82) is 0 Å². The highest BCUT2D eigenvalue weighted by Crippen LogP contribution is 2.50. The van der Waals surface area contributed by atoms with Gasteiger partial charge in [0.15, 0.2) is 0 Å².